The van der Waals surface area contributed by atoms with E-state index in [1.165, 1.54) is 7.11 Å². The van der Waals surface area contributed by atoms with E-state index in [9.17, 15) is 4.79 Å². The van der Waals surface area contributed by atoms with Crippen LogP contribution in [0.15, 0.2) is 40.9 Å². The number of aromatic nitrogens is 3. The molecule has 0 spiro atoms. The van der Waals surface area contributed by atoms with Crippen molar-refractivity contribution in [2.75, 3.05) is 17.7 Å². The summed E-state index contributed by atoms with van der Waals surface area (Å²) < 4.78 is 9.75. The number of carbonyl (C=O) groups excluding carboxylic acids is 1. The van der Waals surface area contributed by atoms with Gasteiger partial charge < -0.3 is 19.9 Å². The van der Waals surface area contributed by atoms with Crippen molar-refractivity contribution in [3.05, 3.63) is 53.4 Å². The van der Waals surface area contributed by atoms with Crippen molar-refractivity contribution < 1.29 is 14.1 Å². The van der Waals surface area contributed by atoms with Crippen molar-refractivity contribution >= 4 is 29.2 Å². The van der Waals surface area contributed by atoms with Gasteiger partial charge in [-0.2, -0.15) is 4.98 Å². The molecule has 0 aliphatic heterocycles. The fourth-order valence-electron chi connectivity index (χ4n) is 2.22. The first-order chi connectivity index (χ1) is 12.0. The Balaban J connectivity index is 1.82. The molecule has 2 heterocycles. The number of benzene rings is 1. The number of methoxy groups -OCH3 is 1. The average Bonchev–Trinajstić information content (AvgIpc) is 2.98. The summed E-state index contributed by atoms with van der Waals surface area (Å²) in [6, 6.07) is 10.5. The lowest BCUT2D eigenvalue weighted by molar-refractivity contribution is 0.0601. The van der Waals surface area contributed by atoms with Gasteiger partial charge in [-0.1, -0.05) is 11.2 Å². The summed E-state index contributed by atoms with van der Waals surface area (Å²) in [5, 5.41) is 10.0. The number of hydrogen-bond acceptors (Lipinski definition) is 8. The van der Waals surface area contributed by atoms with E-state index in [1.807, 2.05) is 19.9 Å². The Kier molecular flexibility index (Phi) is 4.60. The molecule has 0 radical (unpaired) electrons. The molecule has 0 fully saturated rings. The van der Waals surface area contributed by atoms with Crippen molar-refractivity contribution in [1.82, 2.24) is 15.1 Å². The van der Waals surface area contributed by atoms with Gasteiger partial charge in [0.2, 0.25) is 5.95 Å². The summed E-state index contributed by atoms with van der Waals surface area (Å²) in [5.41, 5.74) is 1.89. The van der Waals surface area contributed by atoms with Crippen molar-refractivity contribution in [3.8, 4) is 0 Å². The molecular weight excluding hydrogens is 322 g/mol. The van der Waals surface area contributed by atoms with Crippen LogP contribution in [0.2, 0.25) is 0 Å². The van der Waals surface area contributed by atoms with Gasteiger partial charge in [-0.25, -0.2) is 9.78 Å². The van der Waals surface area contributed by atoms with Crippen molar-refractivity contribution in [2.45, 2.75) is 13.8 Å². The number of ether oxygens (including phenoxy) is 1. The Hall–Kier alpha value is -3.42. The van der Waals surface area contributed by atoms with Crippen LogP contribution in [-0.4, -0.2) is 28.2 Å². The fourth-order valence-corrected chi connectivity index (χ4v) is 2.22. The predicted molar refractivity (Wildman–Crippen MR) is 92.4 cm³/mol. The van der Waals surface area contributed by atoms with Crippen molar-refractivity contribution in [1.29, 1.82) is 0 Å². The maximum absolute atomic E-state index is 11.6. The molecule has 128 valence electrons. The summed E-state index contributed by atoms with van der Waals surface area (Å²) in [4.78, 5) is 20.4. The molecule has 8 heteroatoms. The molecule has 2 aromatic heterocycles. The zero-order chi connectivity index (χ0) is 17.8. The van der Waals surface area contributed by atoms with Crippen LogP contribution in [0.1, 0.15) is 21.8 Å². The first-order valence-electron chi connectivity index (χ1n) is 7.55. The van der Waals surface area contributed by atoms with Gasteiger partial charge in [-0.3, -0.25) is 0 Å². The Bertz CT molecular complexity index is 907. The lowest BCUT2D eigenvalue weighted by Gasteiger charge is -2.09. The van der Waals surface area contributed by atoms with Crippen LogP contribution < -0.4 is 10.6 Å². The minimum atomic E-state index is -0.405. The number of anilines is 4. The minimum absolute atomic E-state index is 0.393. The van der Waals surface area contributed by atoms with Gasteiger partial charge in [0, 0.05) is 23.5 Å². The van der Waals surface area contributed by atoms with Crippen LogP contribution in [0.4, 0.5) is 23.3 Å². The first kappa shape index (κ1) is 16.4. The van der Waals surface area contributed by atoms with Gasteiger partial charge in [0.05, 0.1) is 12.7 Å². The molecular formula is C17H17N5O3. The number of rotatable bonds is 5. The molecule has 0 bridgehead atoms. The maximum Gasteiger partial charge on any atom is 0.337 e. The molecule has 3 rings (SSSR count). The van der Waals surface area contributed by atoms with Gasteiger partial charge in [0.25, 0.3) is 0 Å². The quantitative estimate of drug-likeness (QED) is 0.682. The zero-order valence-corrected chi connectivity index (χ0v) is 14.0. The molecule has 3 aromatic rings. The normalized spacial score (nSPS) is 10.4. The molecule has 0 saturated carbocycles. The highest BCUT2D eigenvalue weighted by atomic mass is 16.5. The van der Waals surface area contributed by atoms with Crippen LogP contribution in [0.3, 0.4) is 0 Å². The second-order valence-corrected chi connectivity index (χ2v) is 5.36. The van der Waals surface area contributed by atoms with E-state index in [0.717, 1.165) is 5.69 Å². The first-order valence-corrected chi connectivity index (χ1v) is 7.55. The van der Waals surface area contributed by atoms with Crippen LogP contribution in [-0.2, 0) is 4.74 Å². The van der Waals surface area contributed by atoms with E-state index >= 15 is 0 Å². The fraction of sp³-hybridized carbons (Fsp3) is 0.176. The number of aryl methyl sites for hydroxylation is 2. The molecule has 0 aliphatic rings. The molecule has 0 aliphatic carbocycles. The van der Waals surface area contributed by atoms with Crippen molar-refractivity contribution in [2.24, 2.45) is 0 Å². The average molecular weight is 339 g/mol. The molecule has 2 N–H and O–H groups in total. The predicted octanol–water partition coefficient (Wildman–Crippen LogP) is 3.36. The van der Waals surface area contributed by atoms with Gasteiger partial charge in [0.1, 0.15) is 11.6 Å². The molecule has 1 aromatic carbocycles. The third kappa shape index (κ3) is 4.11. The van der Waals surface area contributed by atoms with Crippen LogP contribution in [0.5, 0.6) is 0 Å². The van der Waals surface area contributed by atoms with Gasteiger partial charge in [-0.05, 0) is 32.0 Å². The lowest BCUT2D eigenvalue weighted by Crippen LogP contribution is -2.04. The third-order valence-corrected chi connectivity index (χ3v) is 3.28. The van der Waals surface area contributed by atoms with E-state index in [0.29, 0.717) is 34.6 Å². The number of nitrogens with one attached hydrogen (secondary N) is 2. The van der Waals surface area contributed by atoms with E-state index < -0.39 is 5.97 Å². The Morgan fingerprint density at radius 1 is 1.08 bits per heavy atom. The summed E-state index contributed by atoms with van der Waals surface area (Å²) in [5.74, 6) is 1.83. The number of hydrogen-bond donors (Lipinski definition) is 2. The topological polar surface area (TPSA) is 102 Å². The Labute approximate surface area is 144 Å². The number of nitrogens with zero attached hydrogens (tertiary/aromatic N) is 3. The molecule has 0 atom stereocenters. The number of carbonyl (C=O) groups is 1. The highest BCUT2D eigenvalue weighted by Gasteiger charge is 2.08. The highest BCUT2D eigenvalue weighted by molar-refractivity contribution is 5.90. The monoisotopic (exact) mass is 339 g/mol. The SMILES string of the molecule is COC(=O)c1cccc(Nc2nc(C)cc(Nc3cc(C)on3)n2)c1. The maximum atomic E-state index is 11.6. The minimum Gasteiger partial charge on any atom is -0.465 e. The molecule has 0 unspecified atom stereocenters. The van der Waals surface area contributed by atoms with E-state index in [4.69, 9.17) is 9.26 Å². The van der Waals surface area contributed by atoms with Crippen LogP contribution in [0.25, 0.3) is 0 Å². The summed E-state index contributed by atoms with van der Waals surface area (Å²) in [6.45, 7) is 3.67. The largest absolute Gasteiger partial charge is 0.465 e. The molecule has 8 nitrogen and oxygen atoms in total. The zero-order valence-electron chi connectivity index (χ0n) is 14.0. The summed E-state index contributed by atoms with van der Waals surface area (Å²) in [6.07, 6.45) is 0. The Morgan fingerprint density at radius 2 is 1.92 bits per heavy atom. The molecule has 0 amide bonds. The van der Waals surface area contributed by atoms with E-state index in [1.54, 1.807) is 30.3 Å². The van der Waals surface area contributed by atoms with Gasteiger partial charge in [0.15, 0.2) is 5.82 Å². The van der Waals surface area contributed by atoms with E-state index in [2.05, 4.69) is 25.8 Å². The standard InChI is InChI=1S/C17H17N5O3/c1-10-7-14(20-15-8-11(2)25-22-15)21-17(18-10)19-13-6-4-5-12(9-13)16(23)24-3/h4-9H,1-3H3,(H2,18,19,20,21,22). The summed E-state index contributed by atoms with van der Waals surface area (Å²) >= 11 is 0. The van der Waals surface area contributed by atoms with E-state index in [-0.39, 0.29) is 0 Å². The third-order valence-electron chi connectivity index (χ3n) is 3.28. The molecule has 25 heavy (non-hydrogen) atoms. The van der Waals surface area contributed by atoms with Crippen molar-refractivity contribution in [3.63, 3.8) is 0 Å². The second-order valence-electron chi connectivity index (χ2n) is 5.36. The van der Waals surface area contributed by atoms with Gasteiger partial charge in [-0.15, -0.1) is 0 Å². The van der Waals surface area contributed by atoms with Crippen LogP contribution >= 0.6 is 0 Å². The summed E-state index contributed by atoms with van der Waals surface area (Å²) in [7, 11) is 1.34. The second kappa shape index (κ2) is 7.00. The smallest absolute Gasteiger partial charge is 0.337 e. The number of esters is 1. The lowest BCUT2D eigenvalue weighted by atomic mass is 10.2. The van der Waals surface area contributed by atoms with Gasteiger partial charge >= 0.3 is 5.97 Å². The molecule has 0 saturated heterocycles. The highest BCUT2D eigenvalue weighted by Crippen LogP contribution is 2.20. The van der Waals surface area contributed by atoms with Crippen LogP contribution in [0, 0.1) is 13.8 Å². The Morgan fingerprint density at radius 3 is 2.64 bits per heavy atom.